The van der Waals surface area contributed by atoms with Crippen LogP contribution in [0.25, 0.3) is 0 Å². The van der Waals surface area contributed by atoms with Gasteiger partial charge in [-0.1, -0.05) is 54.6 Å². The SMILES string of the molecule is O=S(=O)(c1ccccc1)c1cccc(S(=O)(=O)N(Cl)CCc2ccccc2)c1. The van der Waals surface area contributed by atoms with Crippen LogP contribution in [-0.4, -0.2) is 27.2 Å². The maximum atomic E-state index is 12.8. The molecule has 0 aliphatic heterocycles. The van der Waals surface area contributed by atoms with E-state index in [4.69, 9.17) is 11.8 Å². The second-order valence-electron chi connectivity index (χ2n) is 6.04. The summed E-state index contributed by atoms with van der Waals surface area (Å²) in [7, 11) is -7.87. The minimum atomic E-state index is -4.04. The molecule has 0 aromatic heterocycles. The van der Waals surface area contributed by atoms with Crippen molar-refractivity contribution >= 4 is 31.6 Å². The summed E-state index contributed by atoms with van der Waals surface area (Å²) in [6.45, 7) is 0.0591. The van der Waals surface area contributed by atoms with Crippen molar-refractivity contribution in [3.05, 3.63) is 90.5 Å². The van der Waals surface area contributed by atoms with E-state index in [0.717, 1.165) is 11.6 Å². The van der Waals surface area contributed by atoms with E-state index in [2.05, 4.69) is 0 Å². The van der Waals surface area contributed by atoms with Crippen molar-refractivity contribution in [3.8, 4) is 0 Å². The average molecular weight is 436 g/mol. The number of sulfone groups is 1. The van der Waals surface area contributed by atoms with Crippen LogP contribution in [0.1, 0.15) is 5.56 Å². The van der Waals surface area contributed by atoms with E-state index in [0.29, 0.717) is 10.2 Å². The molecule has 0 heterocycles. The van der Waals surface area contributed by atoms with Crippen LogP contribution < -0.4 is 0 Å². The first-order valence-electron chi connectivity index (χ1n) is 8.44. The van der Waals surface area contributed by atoms with Gasteiger partial charge >= 0.3 is 0 Å². The number of benzene rings is 3. The molecule has 0 aliphatic rings. The molecule has 146 valence electrons. The van der Waals surface area contributed by atoms with Gasteiger partial charge in [-0.25, -0.2) is 16.8 Å². The van der Waals surface area contributed by atoms with Gasteiger partial charge in [0, 0.05) is 6.54 Å². The molecule has 0 aliphatic carbocycles. The zero-order valence-electron chi connectivity index (χ0n) is 14.8. The third-order valence-corrected chi connectivity index (χ3v) is 8.18. The van der Waals surface area contributed by atoms with Gasteiger partial charge in [-0.3, -0.25) is 0 Å². The highest BCUT2D eigenvalue weighted by Crippen LogP contribution is 2.25. The highest BCUT2D eigenvalue weighted by Gasteiger charge is 2.25. The number of halogens is 1. The Balaban J connectivity index is 1.86. The molecule has 0 bridgehead atoms. The van der Waals surface area contributed by atoms with Gasteiger partial charge in [0.25, 0.3) is 10.0 Å². The summed E-state index contributed by atoms with van der Waals surface area (Å²) < 4.78 is 51.8. The number of hydrogen-bond donors (Lipinski definition) is 0. The molecule has 0 saturated heterocycles. The van der Waals surface area contributed by atoms with Crippen LogP contribution in [0.3, 0.4) is 0 Å². The van der Waals surface area contributed by atoms with Crippen molar-refractivity contribution in [2.75, 3.05) is 6.54 Å². The fraction of sp³-hybridized carbons (Fsp3) is 0.100. The van der Waals surface area contributed by atoms with Crippen molar-refractivity contribution in [3.63, 3.8) is 0 Å². The predicted molar refractivity (Wildman–Crippen MR) is 108 cm³/mol. The Kier molecular flexibility index (Phi) is 6.20. The predicted octanol–water partition coefficient (Wildman–Crippen LogP) is 3.91. The zero-order valence-corrected chi connectivity index (χ0v) is 17.2. The summed E-state index contributed by atoms with van der Waals surface area (Å²) in [6, 6.07) is 22.4. The van der Waals surface area contributed by atoms with E-state index >= 15 is 0 Å². The Hall–Kier alpha value is -2.19. The van der Waals surface area contributed by atoms with Crippen molar-refractivity contribution in [2.24, 2.45) is 0 Å². The van der Waals surface area contributed by atoms with Crippen molar-refractivity contribution < 1.29 is 16.8 Å². The highest BCUT2D eigenvalue weighted by atomic mass is 35.5. The Bertz CT molecular complexity index is 1150. The first-order valence-corrected chi connectivity index (χ1v) is 11.7. The lowest BCUT2D eigenvalue weighted by Crippen LogP contribution is -2.24. The van der Waals surface area contributed by atoms with E-state index in [-0.39, 0.29) is 21.2 Å². The minimum Gasteiger partial charge on any atom is -0.219 e. The number of hydrogen-bond acceptors (Lipinski definition) is 4. The van der Waals surface area contributed by atoms with Crippen LogP contribution in [0.2, 0.25) is 0 Å². The van der Waals surface area contributed by atoms with Crippen molar-refractivity contribution in [2.45, 2.75) is 21.1 Å². The number of sulfonamides is 1. The molecule has 0 atom stereocenters. The fourth-order valence-electron chi connectivity index (χ4n) is 2.63. The molecule has 0 saturated carbocycles. The molecule has 3 rings (SSSR count). The van der Waals surface area contributed by atoms with Gasteiger partial charge in [0.1, 0.15) is 0 Å². The topological polar surface area (TPSA) is 71.5 Å². The quantitative estimate of drug-likeness (QED) is 0.527. The molecular weight excluding hydrogens is 418 g/mol. The van der Waals surface area contributed by atoms with E-state index in [1.165, 1.54) is 30.3 Å². The maximum absolute atomic E-state index is 12.8. The molecule has 0 spiro atoms. The first-order chi connectivity index (χ1) is 13.3. The largest absolute Gasteiger partial charge is 0.256 e. The molecule has 28 heavy (non-hydrogen) atoms. The van der Waals surface area contributed by atoms with Crippen LogP contribution >= 0.6 is 11.8 Å². The lowest BCUT2D eigenvalue weighted by atomic mass is 10.2. The van der Waals surface area contributed by atoms with Crippen molar-refractivity contribution in [1.29, 1.82) is 0 Å². The zero-order chi connectivity index (χ0) is 20.2. The first kappa shape index (κ1) is 20.5. The van der Waals surface area contributed by atoms with Gasteiger partial charge in [0.15, 0.2) is 0 Å². The molecule has 3 aromatic carbocycles. The molecule has 0 radical (unpaired) electrons. The minimum absolute atomic E-state index is 0.0591. The fourth-order valence-corrected chi connectivity index (χ4v) is 5.45. The Morgan fingerprint density at radius 2 is 1.21 bits per heavy atom. The molecule has 0 N–H and O–H groups in total. The molecule has 8 heteroatoms. The third-order valence-electron chi connectivity index (χ3n) is 4.15. The number of nitrogens with zero attached hydrogens (tertiary/aromatic N) is 1. The van der Waals surface area contributed by atoms with Gasteiger partial charge in [0.2, 0.25) is 9.84 Å². The van der Waals surface area contributed by atoms with Gasteiger partial charge in [-0.2, -0.15) is 0 Å². The van der Waals surface area contributed by atoms with Crippen LogP contribution in [-0.2, 0) is 26.3 Å². The number of rotatable bonds is 7. The van der Waals surface area contributed by atoms with E-state index in [1.54, 1.807) is 18.2 Å². The normalized spacial score (nSPS) is 12.2. The summed E-state index contributed by atoms with van der Waals surface area (Å²) in [5.74, 6) is 0. The lowest BCUT2D eigenvalue weighted by molar-refractivity contribution is 0.536. The summed E-state index contributed by atoms with van der Waals surface area (Å²) in [5.41, 5.74) is 0.948. The smallest absolute Gasteiger partial charge is 0.219 e. The molecule has 3 aromatic rings. The molecule has 5 nitrogen and oxygen atoms in total. The average Bonchev–Trinajstić information content (AvgIpc) is 2.73. The van der Waals surface area contributed by atoms with Crippen molar-refractivity contribution in [1.82, 2.24) is 3.82 Å². The second kappa shape index (κ2) is 8.45. The van der Waals surface area contributed by atoms with Crippen LogP contribution in [0.4, 0.5) is 0 Å². The monoisotopic (exact) mass is 435 g/mol. The maximum Gasteiger partial charge on any atom is 0.256 e. The van der Waals surface area contributed by atoms with Gasteiger partial charge in [-0.05, 0) is 54.1 Å². The standard InChI is InChI=1S/C20H18ClNO4S2/c21-22(15-14-17-8-3-1-4-9-17)28(25,26)20-13-7-12-19(16-20)27(23,24)18-10-5-2-6-11-18/h1-13,16H,14-15H2. The summed E-state index contributed by atoms with van der Waals surface area (Å²) in [4.78, 5) is -0.183. The Morgan fingerprint density at radius 1 is 0.679 bits per heavy atom. The molecular formula is C20H18ClNO4S2. The van der Waals surface area contributed by atoms with Crippen LogP contribution in [0, 0.1) is 0 Å². The van der Waals surface area contributed by atoms with E-state index < -0.39 is 19.9 Å². The van der Waals surface area contributed by atoms with E-state index in [1.807, 2.05) is 30.3 Å². The second-order valence-corrected chi connectivity index (χ2v) is 10.5. The van der Waals surface area contributed by atoms with Gasteiger partial charge < -0.3 is 0 Å². The summed E-state index contributed by atoms with van der Waals surface area (Å²) in [6.07, 6.45) is 0.436. The summed E-state index contributed by atoms with van der Waals surface area (Å²) >= 11 is 6.04. The highest BCUT2D eigenvalue weighted by molar-refractivity contribution is 7.92. The van der Waals surface area contributed by atoms with Gasteiger partial charge in [0.05, 0.1) is 14.7 Å². The van der Waals surface area contributed by atoms with Crippen LogP contribution in [0.15, 0.2) is 99.6 Å². The van der Waals surface area contributed by atoms with Crippen LogP contribution in [0.5, 0.6) is 0 Å². The molecule has 0 fully saturated rings. The Labute approximate surface area is 170 Å². The summed E-state index contributed by atoms with van der Waals surface area (Å²) in [5, 5.41) is 0. The van der Waals surface area contributed by atoms with E-state index in [9.17, 15) is 16.8 Å². The van der Waals surface area contributed by atoms with Gasteiger partial charge in [-0.15, -0.1) is 3.82 Å². The Morgan fingerprint density at radius 3 is 1.86 bits per heavy atom. The lowest BCUT2D eigenvalue weighted by Gasteiger charge is -2.15. The molecule has 0 amide bonds. The third kappa shape index (κ3) is 4.44. The molecule has 0 unspecified atom stereocenters.